The van der Waals surface area contributed by atoms with Crippen molar-refractivity contribution in [2.75, 3.05) is 5.32 Å². The Bertz CT molecular complexity index is 661. The van der Waals surface area contributed by atoms with Crippen LogP contribution in [0.25, 0.3) is 11.3 Å². The lowest BCUT2D eigenvalue weighted by Gasteiger charge is -2.06. The molecule has 4 nitrogen and oxygen atoms in total. The largest absolute Gasteiger partial charge is 0.444 e. The van der Waals surface area contributed by atoms with Gasteiger partial charge in [-0.15, -0.1) is 11.3 Å². The molecule has 5 heteroatoms. The number of benzene rings is 1. The maximum absolute atomic E-state index is 5.30. The van der Waals surface area contributed by atoms with E-state index in [1.165, 1.54) is 11.3 Å². The van der Waals surface area contributed by atoms with E-state index in [-0.39, 0.29) is 0 Å². The SMILES string of the molecule is Cc1ncsc1CNc1cccc(-c2cnco2)c1. The topological polar surface area (TPSA) is 51.0 Å². The van der Waals surface area contributed by atoms with Crippen LogP contribution in [-0.2, 0) is 6.54 Å². The van der Waals surface area contributed by atoms with Crippen LogP contribution in [0, 0.1) is 6.92 Å². The number of anilines is 1. The molecule has 0 spiro atoms. The average molecular weight is 271 g/mol. The van der Waals surface area contributed by atoms with E-state index in [2.05, 4.69) is 21.4 Å². The van der Waals surface area contributed by atoms with E-state index < -0.39 is 0 Å². The highest BCUT2D eigenvalue weighted by Crippen LogP contribution is 2.23. The minimum Gasteiger partial charge on any atom is -0.444 e. The molecule has 0 aliphatic carbocycles. The first-order valence-electron chi connectivity index (χ1n) is 5.95. The Balaban J connectivity index is 1.75. The lowest BCUT2D eigenvalue weighted by molar-refractivity contribution is 0.572. The molecule has 2 aromatic heterocycles. The molecule has 0 amide bonds. The third-order valence-electron chi connectivity index (χ3n) is 2.88. The number of rotatable bonds is 4. The van der Waals surface area contributed by atoms with Gasteiger partial charge in [0.15, 0.2) is 12.2 Å². The third kappa shape index (κ3) is 2.66. The van der Waals surface area contributed by atoms with Crippen molar-refractivity contribution in [3.05, 3.63) is 52.9 Å². The highest BCUT2D eigenvalue weighted by Gasteiger charge is 2.04. The molecule has 0 atom stereocenters. The molecule has 0 fully saturated rings. The predicted molar refractivity (Wildman–Crippen MR) is 76.1 cm³/mol. The molecule has 1 N–H and O–H groups in total. The number of nitrogens with zero attached hydrogens (tertiary/aromatic N) is 2. The summed E-state index contributed by atoms with van der Waals surface area (Å²) in [4.78, 5) is 9.43. The van der Waals surface area contributed by atoms with Crippen LogP contribution in [0.1, 0.15) is 10.6 Å². The van der Waals surface area contributed by atoms with Crippen molar-refractivity contribution in [3.63, 3.8) is 0 Å². The fourth-order valence-electron chi connectivity index (χ4n) is 1.82. The highest BCUT2D eigenvalue weighted by molar-refractivity contribution is 7.09. The fourth-order valence-corrected chi connectivity index (χ4v) is 2.54. The zero-order valence-electron chi connectivity index (χ0n) is 10.5. The van der Waals surface area contributed by atoms with Gasteiger partial charge in [0.05, 0.1) is 23.9 Å². The van der Waals surface area contributed by atoms with E-state index in [1.54, 1.807) is 17.5 Å². The molecule has 0 saturated carbocycles. The number of oxazole rings is 1. The minimum atomic E-state index is 0.776. The summed E-state index contributed by atoms with van der Waals surface area (Å²) in [5.74, 6) is 0.776. The Morgan fingerprint density at radius 1 is 1.37 bits per heavy atom. The molecular weight excluding hydrogens is 258 g/mol. The van der Waals surface area contributed by atoms with Crippen molar-refractivity contribution in [2.24, 2.45) is 0 Å². The van der Waals surface area contributed by atoms with Gasteiger partial charge in [-0.2, -0.15) is 0 Å². The molecule has 0 aliphatic heterocycles. The Hall–Kier alpha value is -2.14. The second-order valence-electron chi connectivity index (χ2n) is 4.16. The van der Waals surface area contributed by atoms with Gasteiger partial charge in [-0.05, 0) is 19.1 Å². The molecule has 0 radical (unpaired) electrons. The summed E-state index contributed by atoms with van der Waals surface area (Å²) in [5.41, 5.74) is 5.03. The van der Waals surface area contributed by atoms with Crippen LogP contribution < -0.4 is 5.32 Å². The highest BCUT2D eigenvalue weighted by atomic mass is 32.1. The number of hydrogen-bond acceptors (Lipinski definition) is 5. The van der Waals surface area contributed by atoms with Crippen LogP contribution in [0.5, 0.6) is 0 Å². The van der Waals surface area contributed by atoms with Gasteiger partial charge in [0.25, 0.3) is 0 Å². The summed E-state index contributed by atoms with van der Waals surface area (Å²) in [5, 5.41) is 3.40. The Morgan fingerprint density at radius 3 is 3.05 bits per heavy atom. The fraction of sp³-hybridized carbons (Fsp3) is 0.143. The van der Waals surface area contributed by atoms with Crippen molar-refractivity contribution >= 4 is 17.0 Å². The first-order valence-corrected chi connectivity index (χ1v) is 6.82. The quantitative estimate of drug-likeness (QED) is 0.785. The van der Waals surface area contributed by atoms with E-state index in [9.17, 15) is 0 Å². The molecule has 19 heavy (non-hydrogen) atoms. The molecule has 3 aromatic rings. The second kappa shape index (κ2) is 5.24. The van der Waals surface area contributed by atoms with E-state index in [4.69, 9.17) is 4.42 Å². The first-order chi connectivity index (χ1) is 9.33. The molecule has 0 unspecified atom stereocenters. The van der Waals surface area contributed by atoms with Gasteiger partial charge in [-0.25, -0.2) is 9.97 Å². The standard InChI is InChI=1S/C14H13N3OS/c1-10-14(19-9-17-10)7-16-12-4-2-3-11(5-12)13-6-15-8-18-13/h2-6,8-9,16H,7H2,1H3. The van der Waals surface area contributed by atoms with E-state index >= 15 is 0 Å². The maximum Gasteiger partial charge on any atom is 0.181 e. The number of nitrogens with one attached hydrogen (secondary N) is 1. The number of aromatic nitrogens is 2. The normalized spacial score (nSPS) is 10.6. The predicted octanol–water partition coefficient (Wildman–Crippen LogP) is 3.72. The molecule has 0 bridgehead atoms. The van der Waals surface area contributed by atoms with Gasteiger partial charge in [0, 0.05) is 16.1 Å². The van der Waals surface area contributed by atoms with Crippen LogP contribution in [0.3, 0.4) is 0 Å². The zero-order chi connectivity index (χ0) is 13.1. The molecule has 1 aromatic carbocycles. The van der Waals surface area contributed by atoms with Crippen molar-refractivity contribution < 1.29 is 4.42 Å². The van der Waals surface area contributed by atoms with Gasteiger partial charge < -0.3 is 9.73 Å². The molecule has 0 saturated heterocycles. The number of thiazole rings is 1. The molecular formula is C14H13N3OS. The van der Waals surface area contributed by atoms with Crippen molar-refractivity contribution in [3.8, 4) is 11.3 Å². The monoisotopic (exact) mass is 271 g/mol. The van der Waals surface area contributed by atoms with E-state index in [0.29, 0.717) is 0 Å². The summed E-state index contributed by atoms with van der Waals surface area (Å²) >= 11 is 1.67. The summed E-state index contributed by atoms with van der Waals surface area (Å²) in [6, 6.07) is 8.09. The smallest absolute Gasteiger partial charge is 0.181 e. The lowest BCUT2D eigenvalue weighted by Crippen LogP contribution is -1.98. The summed E-state index contributed by atoms with van der Waals surface area (Å²) in [6.07, 6.45) is 3.16. The average Bonchev–Trinajstić information content (AvgIpc) is 3.08. The zero-order valence-corrected chi connectivity index (χ0v) is 11.3. The third-order valence-corrected chi connectivity index (χ3v) is 3.81. The Labute approximate surface area is 115 Å². The van der Waals surface area contributed by atoms with Gasteiger partial charge >= 0.3 is 0 Å². The van der Waals surface area contributed by atoms with Gasteiger partial charge in [-0.1, -0.05) is 12.1 Å². The van der Waals surface area contributed by atoms with Crippen molar-refractivity contribution in [2.45, 2.75) is 13.5 Å². The lowest BCUT2D eigenvalue weighted by atomic mass is 10.1. The minimum absolute atomic E-state index is 0.776. The van der Waals surface area contributed by atoms with Crippen LogP contribution in [0.15, 0.2) is 46.8 Å². The maximum atomic E-state index is 5.30. The molecule has 2 heterocycles. The molecule has 96 valence electrons. The molecule has 0 aliphatic rings. The van der Waals surface area contributed by atoms with Crippen molar-refractivity contribution in [1.82, 2.24) is 9.97 Å². The van der Waals surface area contributed by atoms with Crippen LogP contribution in [0.2, 0.25) is 0 Å². The van der Waals surface area contributed by atoms with Crippen LogP contribution in [0.4, 0.5) is 5.69 Å². The van der Waals surface area contributed by atoms with Crippen LogP contribution >= 0.6 is 11.3 Å². The van der Waals surface area contributed by atoms with Crippen molar-refractivity contribution in [1.29, 1.82) is 0 Å². The summed E-state index contributed by atoms with van der Waals surface area (Å²) in [7, 11) is 0. The molecule has 3 rings (SSSR count). The van der Waals surface area contributed by atoms with Crippen LogP contribution in [-0.4, -0.2) is 9.97 Å². The number of hydrogen-bond donors (Lipinski definition) is 1. The Morgan fingerprint density at radius 2 is 2.32 bits per heavy atom. The first kappa shape index (κ1) is 11.9. The Kier molecular flexibility index (Phi) is 3.29. The summed E-state index contributed by atoms with van der Waals surface area (Å²) < 4.78 is 5.30. The summed E-state index contributed by atoms with van der Waals surface area (Å²) in [6.45, 7) is 2.81. The van der Waals surface area contributed by atoms with E-state index in [1.807, 2.05) is 30.6 Å². The van der Waals surface area contributed by atoms with Gasteiger partial charge in [0.1, 0.15) is 0 Å². The van der Waals surface area contributed by atoms with Gasteiger partial charge in [0.2, 0.25) is 0 Å². The number of aryl methyl sites for hydroxylation is 1. The second-order valence-corrected chi connectivity index (χ2v) is 5.10. The van der Waals surface area contributed by atoms with E-state index in [0.717, 1.165) is 29.2 Å². The van der Waals surface area contributed by atoms with Gasteiger partial charge in [-0.3, -0.25) is 0 Å².